The van der Waals surface area contributed by atoms with Crippen LogP contribution in [0.5, 0.6) is 0 Å². The van der Waals surface area contributed by atoms with Gasteiger partial charge in [-0.3, -0.25) is 19.3 Å². The number of amides is 3. The number of imide groups is 1. The maximum Gasteiger partial charge on any atom is 0.261 e. The lowest BCUT2D eigenvalue weighted by Crippen LogP contribution is -2.47. The summed E-state index contributed by atoms with van der Waals surface area (Å²) < 4.78 is 5.55. The first-order valence-corrected chi connectivity index (χ1v) is 9.58. The Balaban J connectivity index is 1.66. The van der Waals surface area contributed by atoms with E-state index < -0.39 is 24.0 Å². The molecule has 3 amide bonds. The van der Waals surface area contributed by atoms with Crippen molar-refractivity contribution in [2.45, 2.75) is 19.1 Å². The number of halogens is 1. The van der Waals surface area contributed by atoms with E-state index in [-0.39, 0.29) is 36.7 Å². The molecular weight excluding hydrogens is 396 g/mol. The Labute approximate surface area is 173 Å². The van der Waals surface area contributed by atoms with Gasteiger partial charge in [-0.05, 0) is 37.3 Å². The summed E-state index contributed by atoms with van der Waals surface area (Å²) in [7, 11) is 0. The van der Waals surface area contributed by atoms with Gasteiger partial charge in [0.1, 0.15) is 6.10 Å². The number of carbonyl (C=O) groups excluding carboxylic acids is 3. The van der Waals surface area contributed by atoms with E-state index in [0.29, 0.717) is 10.6 Å². The lowest BCUT2D eigenvalue weighted by Gasteiger charge is -2.26. The SMILES string of the molecule is CCO[C@H](CN1C(=O)c2ccc(Cl)cc2C1=O)[C@@H](O)CNC(=O)c1ccccc1. The standard InChI is InChI=1S/C21H21ClN2O5/c1-2-29-18(17(25)11-23-19(26)13-6-4-3-5-7-13)12-24-20(27)15-9-8-14(22)10-16(15)21(24)28/h3-10,17-18,25H,2,11-12H2,1H3,(H,23,26)/t17-,18+/m0/s1. The molecule has 1 aliphatic rings. The molecule has 0 radical (unpaired) electrons. The van der Waals surface area contributed by atoms with Crippen LogP contribution in [0.3, 0.4) is 0 Å². The second kappa shape index (κ2) is 9.17. The van der Waals surface area contributed by atoms with Crippen LogP contribution in [-0.4, -0.2) is 59.6 Å². The van der Waals surface area contributed by atoms with Crippen LogP contribution in [0.4, 0.5) is 0 Å². The zero-order chi connectivity index (χ0) is 21.0. The summed E-state index contributed by atoms with van der Waals surface area (Å²) in [5.74, 6) is -1.29. The molecule has 0 spiro atoms. The summed E-state index contributed by atoms with van der Waals surface area (Å²) in [6, 6.07) is 13.1. The molecule has 0 saturated carbocycles. The van der Waals surface area contributed by atoms with Gasteiger partial charge < -0.3 is 15.2 Å². The van der Waals surface area contributed by atoms with Gasteiger partial charge in [0.25, 0.3) is 17.7 Å². The second-order valence-corrected chi connectivity index (χ2v) is 6.98. The Hall–Kier alpha value is -2.74. The van der Waals surface area contributed by atoms with Crippen molar-refractivity contribution in [3.05, 3.63) is 70.2 Å². The Morgan fingerprint density at radius 1 is 1.14 bits per heavy atom. The third kappa shape index (κ3) is 4.64. The van der Waals surface area contributed by atoms with Crippen LogP contribution < -0.4 is 5.32 Å². The number of hydrogen-bond acceptors (Lipinski definition) is 5. The van der Waals surface area contributed by atoms with Gasteiger partial charge in [-0.25, -0.2) is 0 Å². The maximum atomic E-state index is 12.6. The summed E-state index contributed by atoms with van der Waals surface area (Å²) >= 11 is 5.92. The van der Waals surface area contributed by atoms with Gasteiger partial charge in [0.15, 0.2) is 0 Å². The summed E-state index contributed by atoms with van der Waals surface area (Å²) in [4.78, 5) is 38.4. The third-order valence-corrected chi connectivity index (χ3v) is 4.85. The molecule has 152 valence electrons. The van der Waals surface area contributed by atoms with Crippen LogP contribution in [0.15, 0.2) is 48.5 Å². The fraction of sp³-hybridized carbons (Fsp3) is 0.286. The van der Waals surface area contributed by atoms with Crippen LogP contribution >= 0.6 is 11.6 Å². The number of carbonyl (C=O) groups is 3. The monoisotopic (exact) mass is 416 g/mol. The summed E-state index contributed by atoms with van der Waals surface area (Å²) in [6.45, 7) is 1.78. The molecule has 1 heterocycles. The molecule has 3 rings (SSSR count). The van der Waals surface area contributed by atoms with Crippen molar-refractivity contribution in [2.24, 2.45) is 0 Å². The van der Waals surface area contributed by atoms with E-state index in [2.05, 4.69) is 5.32 Å². The quantitative estimate of drug-likeness (QED) is 0.643. The molecule has 0 unspecified atom stereocenters. The van der Waals surface area contributed by atoms with E-state index in [4.69, 9.17) is 16.3 Å². The predicted octanol–water partition coefficient (Wildman–Crippen LogP) is 2.13. The highest BCUT2D eigenvalue weighted by Crippen LogP contribution is 2.26. The van der Waals surface area contributed by atoms with E-state index in [9.17, 15) is 19.5 Å². The molecule has 29 heavy (non-hydrogen) atoms. The largest absolute Gasteiger partial charge is 0.388 e. The van der Waals surface area contributed by atoms with Crippen molar-refractivity contribution in [3.63, 3.8) is 0 Å². The Morgan fingerprint density at radius 2 is 1.83 bits per heavy atom. The fourth-order valence-corrected chi connectivity index (χ4v) is 3.30. The predicted molar refractivity (Wildman–Crippen MR) is 107 cm³/mol. The zero-order valence-electron chi connectivity index (χ0n) is 15.8. The first-order chi connectivity index (χ1) is 13.9. The van der Waals surface area contributed by atoms with Crippen LogP contribution in [0.25, 0.3) is 0 Å². The zero-order valence-corrected chi connectivity index (χ0v) is 16.6. The van der Waals surface area contributed by atoms with Crippen molar-refractivity contribution in [1.29, 1.82) is 0 Å². The average molecular weight is 417 g/mol. The van der Waals surface area contributed by atoms with Crippen LogP contribution in [-0.2, 0) is 4.74 Å². The first-order valence-electron chi connectivity index (χ1n) is 9.21. The molecule has 1 aliphatic heterocycles. The molecule has 7 nitrogen and oxygen atoms in total. The highest BCUT2D eigenvalue weighted by molar-refractivity contribution is 6.32. The molecule has 2 N–H and O–H groups in total. The number of hydrogen-bond donors (Lipinski definition) is 2. The fourth-order valence-electron chi connectivity index (χ4n) is 3.13. The minimum Gasteiger partial charge on any atom is -0.388 e. The maximum absolute atomic E-state index is 12.6. The molecule has 0 saturated heterocycles. The molecule has 8 heteroatoms. The van der Waals surface area contributed by atoms with Crippen molar-refractivity contribution >= 4 is 29.3 Å². The van der Waals surface area contributed by atoms with Crippen LogP contribution in [0.1, 0.15) is 38.0 Å². The molecule has 0 bridgehead atoms. The number of fused-ring (bicyclic) bond motifs is 1. The van der Waals surface area contributed by atoms with Gasteiger partial charge in [-0.1, -0.05) is 29.8 Å². The lowest BCUT2D eigenvalue weighted by molar-refractivity contribution is -0.0405. The molecular formula is C21H21ClN2O5. The molecule has 2 aromatic rings. The van der Waals surface area contributed by atoms with Gasteiger partial charge in [0.05, 0.1) is 23.8 Å². The van der Waals surface area contributed by atoms with Crippen molar-refractivity contribution in [3.8, 4) is 0 Å². The molecule has 2 atom stereocenters. The number of aliphatic hydroxyl groups excluding tert-OH is 1. The topological polar surface area (TPSA) is 95.9 Å². The van der Waals surface area contributed by atoms with Crippen molar-refractivity contribution in [2.75, 3.05) is 19.7 Å². The Bertz CT molecular complexity index is 919. The van der Waals surface area contributed by atoms with Gasteiger partial charge in [0.2, 0.25) is 0 Å². The molecule has 0 fully saturated rings. The first kappa shape index (κ1) is 21.0. The van der Waals surface area contributed by atoms with E-state index in [0.717, 1.165) is 4.90 Å². The highest BCUT2D eigenvalue weighted by Gasteiger charge is 2.38. The minimum atomic E-state index is -1.12. The minimum absolute atomic E-state index is 0.0899. The lowest BCUT2D eigenvalue weighted by atomic mass is 10.1. The third-order valence-electron chi connectivity index (χ3n) is 4.61. The van der Waals surface area contributed by atoms with Gasteiger partial charge >= 0.3 is 0 Å². The van der Waals surface area contributed by atoms with Crippen LogP contribution in [0.2, 0.25) is 5.02 Å². The normalized spacial score (nSPS) is 15.2. The van der Waals surface area contributed by atoms with Crippen LogP contribution in [0, 0.1) is 0 Å². The summed E-state index contributed by atoms with van der Waals surface area (Å²) in [5, 5.41) is 13.5. The summed E-state index contributed by atoms with van der Waals surface area (Å²) in [6.07, 6.45) is -1.97. The van der Waals surface area contributed by atoms with E-state index in [1.807, 2.05) is 0 Å². The Morgan fingerprint density at radius 3 is 2.52 bits per heavy atom. The molecule has 2 aromatic carbocycles. The Kier molecular flexibility index (Phi) is 6.64. The number of nitrogens with one attached hydrogen (secondary N) is 1. The summed E-state index contributed by atoms with van der Waals surface area (Å²) in [5.41, 5.74) is 0.955. The van der Waals surface area contributed by atoms with Gasteiger partial charge in [-0.2, -0.15) is 0 Å². The number of nitrogens with zero attached hydrogens (tertiary/aromatic N) is 1. The molecule has 0 aliphatic carbocycles. The smallest absolute Gasteiger partial charge is 0.261 e. The number of rotatable bonds is 8. The number of benzene rings is 2. The van der Waals surface area contributed by atoms with E-state index >= 15 is 0 Å². The van der Waals surface area contributed by atoms with Gasteiger partial charge in [-0.15, -0.1) is 0 Å². The van der Waals surface area contributed by atoms with Crippen molar-refractivity contribution in [1.82, 2.24) is 10.2 Å². The molecule has 0 aromatic heterocycles. The van der Waals surface area contributed by atoms with Crippen molar-refractivity contribution < 1.29 is 24.2 Å². The second-order valence-electron chi connectivity index (χ2n) is 6.55. The average Bonchev–Trinajstić information content (AvgIpc) is 2.96. The van der Waals surface area contributed by atoms with E-state index in [1.165, 1.54) is 12.1 Å². The van der Waals surface area contributed by atoms with Gasteiger partial charge in [0, 0.05) is 23.7 Å². The highest BCUT2D eigenvalue weighted by atomic mass is 35.5. The number of aliphatic hydroxyl groups is 1. The number of ether oxygens (including phenoxy) is 1. The van der Waals surface area contributed by atoms with E-state index in [1.54, 1.807) is 43.3 Å².